The number of unbranched alkanes of at least 4 members (excludes halogenated alkanes) is 3. The van der Waals surface area contributed by atoms with Crippen molar-refractivity contribution < 1.29 is 0 Å². The first-order valence-corrected chi connectivity index (χ1v) is 17.1. The summed E-state index contributed by atoms with van der Waals surface area (Å²) in [5.74, 6) is 0. The van der Waals surface area contributed by atoms with Gasteiger partial charge in [0.2, 0.25) is 0 Å². The zero-order valence-corrected chi connectivity index (χ0v) is 17.6. The van der Waals surface area contributed by atoms with E-state index in [0.717, 1.165) is 0 Å². The second kappa shape index (κ2) is 10.8. The molecule has 1 rings (SSSR count). The van der Waals surface area contributed by atoms with Crippen LogP contribution in [0.15, 0.2) is 12.3 Å². The molecule has 0 unspecified atom stereocenters. The normalized spacial score (nSPS) is 11.8. The van der Waals surface area contributed by atoms with Crippen molar-refractivity contribution in [2.75, 3.05) is 0 Å². The summed E-state index contributed by atoms with van der Waals surface area (Å²) in [5, 5.41) is 0.411. The average molecular weight is 418 g/mol. The van der Waals surface area contributed by atoms with E-state index in [2.05, 4.69) is 36.8 Å². The summed E-state index contributed by atoms with van der Waals surface area (Å²) < 4.78 is 5.82. The molecule has 2 nitrogen and oxygen atoms in total. The predicted molar refractivity (Wildman–Crippen MR) is 95.6 cm³/mol. The molecule has 0 aliphatic carbocycles. The predicted octanol–water partition coefficient (Wildman–Crippen LogP) is 6.06. The topological polar surface area (TPSA) is 25.8 Å². The van der Waals surface area contributed by atoms with Crippen LogP contribution in [0.25, 0.3) is 0 Å². The number of hydrogen-bond donors (Lipinski definition) is 0. The van der Waals surface area contributed by atoms with Gasteiger partial charge >= 0.3 is 140 Å². The van der Waals surface area contributed by atoms with E-state index in [1.165, 1.54) is 62.0 Å². The van der Waals surface area contributed by atoms with Crippen LogP contribution in [0.1, 0.15) is 65.0 Å². The molecule has 0 saturated carbocycles. The van der Waals surface area contributed by atoms with Crippen molar-refractivity contribution in [1.82, 2.24) is 9.97 Å². The molecule has 0 aromatic carbocycles. The van der Waals surface area contributed by atoms with Crippen LogP contribution in [-0.4, -0.2) is 28.3 Å². The first-order chi connectivity index (χ1) is 10.2. The molecular formula is C17H31ClN2Sn. The van der Waals surface area contributed by atoms with Gasteiger partial charge in [0.1, 0.15) is 0 Å². The fraction of sp³-hybridized carbons (Fsp3) is 0.765. The molecule has 0 atom stereocenters. The van der Waals surface area contributed by atoms with Crippen LogP contribution in [0.3, 0.4) is 0 Å². The molecule has 0 amide bonds. The van der Waals surface area contributed by atoms with Crippen molar-refractivity contribution in [2.24, 2.45) is 0 Å². The van der Waals surface area contributed by atoms with Crippen LogP contribution in [0.5, 0.6) is 0 Å². The van der Waals surface area contributed by atoms with Crippen LogP contribution in [0, 0.1) is 0 Å². The van der Waals surface area contributed by atoms with Gasteiger partial charge < -0.3 is 0 Å². The molecule has 0 aliphatic rings. The van der Waals surface area contributed by atoms with Gasteiger partial charge in [0.25, 0.3) is 0 Å². The second-order valence-electron chi connectivity index (χ2n) is 6.30. The van der Waals surface area contributed by atoms with Crippen LogP contribution in [0.2, 0.25) is 18.6 Å². The Morgan fingerprint density at radius 1 is 0.952 bits per heavy atom. The molecular weight excluding hydrogens is 386 g/mol. The van der Waals surface area contributed by atoms with E-state index in [1.54, 1.807) is 0 Å². The second-order valence-corrected chi connectivity index (χ2v) is 20.5. The Morgan fingerprint density at radius 2 is 1.48 bits per heavy atom. The van der Waals surface area contributed by atoms with Gasteiger partial charge in [-0.1, -0.05) is 0 Å². The van der Waals surface area contributed by atoms with Crippen molar-refractivity contribution in [1.29, 1.82) is 0 Å². The van der Waals surface area contributed by atoms with E-state index in [4.69, 9.17) is 11.6 Å². The minimum absolute atomic E-state index is 0.411. The molecule has 21 heavy (non-hydrogen) atoms. The summed E-state index contributed by atoms with van der Waals surface area (Å²) in [4.78, 5) is 8.52. The maximum atomic E-state index is 5.99. The van der Waals surface area contributed by atoms with Crippen molar-refractivity contribution >= 4 is 30.0 Å². The van der Waals surface area contributed by atoms with Gasteiger partial charge in [-0.05, 0) is 0 Å². The number of hydrogen-bond acceptors (Lipinski definition) is 2. The van der Waals surface area contributed by atoms with Crippen molar-refractivity contribution in [3.8, 4) is 0 Å². The number of aromatic nitrogens is 2. The fourth-order valence-corrected chi connectivity index (χ4v) is 19.2. The molecule has 0 saturated heterocycles. The van der Waals surface area contributed by atoms with Crippen LogP contribution in [0.4, 0.5) is 0 Å². The third-order valence-electron chi connectivity index (χ3n) is 4.42. The Kier molecular flexibility index (Phi) is 9.90. The van der Waals surface area contributed by atoms with E-state index in [-0.39, 0.29) is 0 Å². The number of rotatable bonds is 11. The fourth-order valence-electron chi connectivity index (χ4n) is 3.15. The zero-order chi connectivity index (χ0) is 15.6. The Balaban J connectivity index is 2.88. The molecule has 1 aromatic heterocycles. The van der Waals surface area contributed by atoms with Gasteiger partial charge in [0, 0.05) is 0 Å². The molecule has 1 heterocycles. The van der Waals surface area contributed by atoms with Gasteiger partial charge in [0.15, 0.2) is 0 Å². The van der Waals surface area contributed by atoms with Crippen LogP contribution in [-0.2, 0) is 4.44 Å². The summed E-state index contributed by atoms with van der Waals surface area (Å²) in [7, 11) is 0. The van der Waals surface area contributed by atoms with E-state index < -0.39 is 18.4 Å². The molecule has 120 valence electrons. The summed E-state index contributed by atoms with van der Waals surface area (Å²) in [5.41, 5.74) is 1.20. The molecule has 4 heteroatoms. The standard InChI is InChI=1S/C5H4ClN2.3C4H9.Sn/c1-4-2-3-7-5(6)8-4;3*1-3-4-2;/h2-3H,1H2;3*1,3-4H2,2H3;. The Morgan fingerprint density at radius 3 is 1.90 bits per heavy atom. The third kappa shape index (κ3) is 7.31. The molecule has 0 aliphatic heterocycles. The molecule has 1 aromatic rings. The van der Waals surface area contributed by atoms with E-state index in [9.17, 15) is 0 Å². The average Bonchev–Trinajstić information content (AvgIpc) is 2.48. The third-order valence-corrected chi connectivity index (χ3v) is 19.9. The quantitative estimate of drug-likeness (QED) is 0.323. The maximum absolute atomic E-state index is 5.99. The first-order valence-electron chi connectivity index (χ1n) is 8.63. The molecule has 0 bridgehead atoms. The summed E-state index contributed by atoms with van der Waals surface area (Å²) in [6.07, 6.45) is 10.00. The van der Waals surface area contributed by atoms with Gasteiger partial charge in [-0.3, -0.25) is 0 Å². The van der Waals surface area contributed by atoms with Crippen molar-refractivity contribution in [3.63, 3.8) is 0 Å². The van der Waals surface area contributed by atoms with Crippen molar-refractivity contribution in [2.45, 2.75) is 77.0 Å². The number of nitrogens with zero attached hydrogens (tertiary/aromatic N) is 2. The van der Waals surface area contributed by atoms with Crippen molar-refractivity contribution in [3.05, 3.63) is 23.2 Å². The molecule has 0 radical (unpaired) electrons. The van der Waals surface area contributed by atoms with Gasteiger partial charge in [-0.2, -0.15) is 0 Å². The zero-order valence-electron chi connectivity index (χ0n) is 14.0. The molecule has 0 fully saturated rings. The van der Waals surface area contributed by atoms with Gasteiger partial charge in [-0.15, -0.1) is 0 Å². The Hall–Kier alpha value is 0.169. The van der Waals surface area contributed by atoms with Gasteiger partial charge in [0.05, 0.1) is 0 Å². The number of halogens is 1. The first kappa shape index (κ1) is 19.2. The summed E-state index contributed by atoms with van der Waals surface area (Å²) in [6, 6.07) is 2.08. The Labute approximate surface area is 140 Å². The van der Waals surface area contributed by atoms with E-state index >= 15 is 0 Å². The van der Waals surface area contributed by atoms with E-state index in [0.29, 0.717) is 5.28 Å². The summed E-state index contributed by atoms with van der Waals surface area (Å²) in [6.45, 7) is 6.95. The summed E-state index contributed by atoms with van der Waals surface area (Å²) >= 11 is 3.86. The molecule has 0 N–H and O–H groups in total. The van der Waals surface area contributed by atoms with E-state index in [1.807, 2.05) is 6.20 Å². The molecule has 0 spiro atoms. The monoisotopic (exact) mass is 418 g/mol. The minimum atomic E-state index is -2.13. The SMILES string of the molecule is CCC[CH2][Sn]([CH2]CCC)([CH2]CCC)[CH2]c1ccnc(Cl)n1. The Bertz CT molecular complexity index is 376. The van der Waals surface area contributed by atoms with Crippen LogP contribution < -0.4 is 0 Å². The van der Waals surface area contributed by atoms with Crippen LogP contribution >= 0.6 is 11.6 Å². The van der Waals surface area contributed by atoms with Gasteiger partial charge in [-0.25, -0.2) is 0 Å².